The summed E-state index contributed by atoms with van der Waals surface area (Å²) in [5.41, 5.74) is 5.21. The first-order valence-corrected chi connectivity index (χ1v) is 9.52. The van der Waals surface area contributed by atoms with Gasteiger partial charge in [-0.1, -0.05) is 36.4 Å². The minimum Gasteiger partial charge on any atom is -0.335 e. The third-order valence-electron chi connectivity index (χ3n) is 5.38. The van der Waals surface area contributed by atoms with Crippen molar-refractivity contribution in [3.63, 3.8) is 0 Å². The number of hydrogen-bond donors (Lipinski definition) is 0. The third kappa shape index (κ3) is 2.23. The largest absolute Gasteiger partial charge is 0.335 e. The van der Waals surface area contributed by atoms with Crippen LogP contribution in [-0.2, 0) is 32.6 Å². The molecule has 0 aromatic heterocycles. The summed E-state index contributed by atoms with van der Waals surface area (Å²) < 4.78 is 22.8. The summed E-state index contributed by atoms with van der Waals surface area (Å²) >= 11 is -1.60. The lowest BCUT2D eigenvalue weighted by Crippen LogP contribution is -2.40. The summed E-state index contributed by atoms with van der Waals surface area (Å²) in [5, 5.41) is 0. The van der Waals surface area contributed by atoms with Gasteiger partial charge >= 0.3 is 11.4 Å². The topological polar surface area (TPSA) is 38.8 Å². The van der Waals surface area contributed by atoms with Gasteiger partial charge in [0, 0.05) is 11.4 Å². The van der Waals surface area contributed by atoms with Crippen LogP contribution in [0.1, 0.15) is 24.0 Å². The highest BCUT2D eigenvalue weighted by atomic mass is 32.2. The van der Waals surface area contributed by atoms with Crippen LogP contribution in [0.5, 0.6) is 0 Å². The van der Waals surface area contributed by atoms with Crippen LogP contribution in [0.2, 0.25) is 0 Å². The molecule has 0 bridgehead atoms. The Balaban J connectivity index is 1.65. The van der Waals surface area contributed by atoms with Gasteiger partial charge in [-0.25, -0.2) is 0 Å². The van der Waals surface area contributed by atoms with Crippen molar-refractivity contribution in [3.8, 4) is 0 Å². The molecule has 5 heteroatoms. The van der Waals surface area contributed by atoms with Gasteiger partial charge in [-0.15, -0.1) is 0 Å². The molecule has 2 aromatic rings. The molecule has 24 heavy (non-hydrogen) atoms. The van der Waals surface area contributed by atoms with Crippen LogP contribution < -0.4 is 4.90 Å². The van der Waals surface area contributed by atoms with E-state index in [2.05, 4.69) is 53.4 Å². The normalized spacial score (nSPS) is 31.2. The number of anilines is 2. The molecule has 124 valence electrons. The molecule has 2 aliphatic heterocycles. The molecule has 0 amide bonds. The summed E-state index contributed by atoms with van der Waals surface area (Å²) in [7, 11) is 0. The number of rotatable bonds is 1. The molecule has 2 heterocycles. The van der Waals surface area contributed by atoms with Crippen LogP contribution in [-0.4, -0.2) is 22.5 Å². The molecule has 2 fully saturated rings. The minimum absolute atomic E-state index is 0.0570. The van der Waals surface area contributed by atoms with Crippen molar-refractivity contribution in [1.82, 2.24) is 0 Å². The lowest BCUT2D eigenvalue weighted by molar-refractivity contribution is 0.175. The average Bonchev–Trinajstić information content (AvgIpc) is 3.10. The quantitative estimate of drug-likeness (QED) is 0.796. The first-order chi connectivity index (χ1) is 11.8. The highest BCUT2D eigenvalue weighted by molar-refractivity contribution is 7.75. The lowest BCUT2D eigenvalue weighted by Gasteiger charge is -2.34. The van der Waals surface area contributed by atoms with Gasteiger partial charge in [-0.2, -0.15) is 4.21 Å². The first-order valence-electron chi connectivity index (χ1n) is 8.52. The van der Waals surface area contributed by atoms with Gasteiger partial charge in [0.1, 0.15) is 12.2 Å². The Labute approximate surface area is 144 Å². The third-order valence-corrected chi connectivity index (χ3v) is 6.17. The van der Waals surface area contributed by atoms with E-state index in [1.807, 2.05) is 0 Å². The van der Waals surface area contributed by atoms with Gasteiger partial charge in [0.15, 0.2) is 0 Å². The molecule has 5 rings (SSSR count). The summed E-state index contributed by atoms with van der Waals surface area (Å²) in [6.45, 7) is 0. The lowest BCUT2D eigenvalue weighted by atomic mass is 10.0. The monoisotopic (exact) mass is 341 g/mol. The van der Waals surface area contributed by atoms with Crippen LogP contribution in [0.3, 0.4) is 0 Å². The van der Waals surface area contributed by atoms with Gasteiger partial charge in [0.2, 0.25) is 0 Å². The van der Waals surface area contributed by atoms with Crippen molar-refractivity contribution in [2.45, 2.75) is 43.9 Å². The highest BCUT2D eigenvalue weighted by Gasteiger charge is 2.49. The number of aryl methyl sites for hydroxylation is 2. The molecule has 2 aromatic carbocycles. The number of benzene rings is 2. The Bertz CT molecular complexity index is 761. The second-order valence-electron chi connectivity index (χ2n) is 6.67. The second-order valence-corrected chi connectivity index (χ2v) is 7.46. The number of nitrogens with zero attached hydrogens (tertiary/aromatic N) is 1. The molecule has 3 aliphatic rings. The maximum Gasteiger partial charge on any atom is 0.305 e. The second kappa shape index (κ2) is 5.69. The van der Waals surface area contributed by atoms with E-state index in [0.29, 0.717) is 0 Å². The maximum absolute atomic E-state index is 11.7. The van der Waals surface area contributed by atoms with Gasteiger partial charge in [-0.05, 0) is 48.9 Å². The van der Waals surface area contributed by atoms with Gasteiger partial charge in [-0.3, -0.25) is 8.37 Å². The smallest absolute Gasteiger partial charge is 0.305 e. The Morgan fingerprint density at radius 1 is 0.875 bits per heavy atom. The van der Waals surface area contributed by atoms with Crippen molar-refractivity contribution in [2.75, 3.05) is 4.90 Å². The molecule has 0 radical (unpaired) electrons. The van der Waals surface area contributed by atoms with Crippen LogP contribution in [0.15, 0.2) is 48.5 Å². The predicted molar refractivity (Wildman–Crippen MR) is 93.3 cm³/mol. The summed E-state index contributed by atoms with van der Waals surface area (Å²) in [6, 6.07) is 17.4. The molecule has 1 saturated heterocycles. The van der Waals surface area contributed by atoms with E-state index in [0.717, 1.165) is 25.7 Å². The van der Waals surface area contributed by atoms with Gasteiger partial charge < -0.3 is 4.90 Å². The standard InChI is InChI=1S/C19H19NO3S/c21-24-22-18-12-11-17(19(18)23-24)20-15-7-3-1-5-13(15)9-10-14-6-2-4-8-16(14)20/h1-8,17-19H,9-12H2/t17-,18-,19+,24?/m1/s1. The zero-order chi connectivity index (χ0) is 16.1. The van der Waals surface area contributed by atoms with Gasteiger partial charge in [0.05, 0.1) is 6.04 Å². The number of para-hydroxylation sites is 2. The molecule has 0 spiro atoms. The molecular formula is C19H19NO3S. The Morgan fingerprint density at radius 3 is 2.17 bits per heavy atom. The summed E-state index contributed by atoms with van der Waals surface area (Å²) in [6.07, 6.45) is 3.75. The molecule has 1 saturated carbocycles. The minimum atomic E-state index is -1.60. The van der Waals surface area contributed by atoms with E-state index in [4.69, 9.17) is 8.37 Å². The SMILES string of the molecule is O=S1O[C@H]2[C@H](N3c4ccccc4CCc4ccccc43)CC[C@H]2O1. The molecule has 1 unspecified atom stereocenters. The average molecular weight is 341 g/mol. The molecule has 4 atom stereocenters. The first kappa shape index (κ1) is 14.6. The predicted octanol–water partition coefficient (Wildman–Crippen LogP) is 3.45. The van der Waals surface area contributed by atoms with Crippen molar-refractivity contribution in [3.05, 3.63) is 59.7 Å². The zero-order valence-corrected chi connectivity index (χ0v) is 14.1. The summed E-state index contributed by atoms with van der Waals surface area (Å²) in [5.74, 6) is 0. The van der Waals surface area contributed by atoms with Crippen LogP contribution in [0.25, 0.3) is 0 Å². The molecule has 4 nitrogen and oxygen atoms in total. The van der Waals surface area contributed by atoms with Crippen molar-refractivity contribution >= 4 is 22.7 Å². The van der Waals surface area contributed by atoms with Gasteiger partial charge in [0.25, 0.3) is 0 Å². The van der Waals surface area contributed by atoms with Crippen LogP contribution in [0, 0.1) is 0 Å². The Kier molecular flexibility index (Phi) is 3.47. The zero-order valence-electron chi connectivity index (χ0n) is 13.3. The highest BCUT2D eigenvalue weighted by Crippen LogP contribution is 2.44. The fourth-order valence-electron chi connectivity index (χ4n) is 4.30. The van der Waals surface area contributed by atoms with Crippen LogP contribution in [0.4, 0.5) is 11.4 Å². The summed E-state index contributed by atoms with van der Waals surface area (Å²) in [4.78, 5) is 2.41. The van der Waals surface area contributed by atoms with Crippen molar-refractivity contribution < 1.29 is 12.6 Å². The fraction of sp³-hybridized carbons (Fsp3) is 0.368. The van der Waals surface area contributed by atoms with Crippen molar-refractivity contribution in [1.29, 1.82) is 0 Å². The van der Waals surface area contributed by atoms with E-state index in [1.54, 1.807) is 0 Å². The van der Waals surface area contributed by atoms with Crippen LogP contribution >= 0.6 is 0 Å². The number of hydrogen-bond acceptors (Lipinski definition) is 4. The van der Waals surface area contributed by atoms with E-state index < -0.39 is 11.4 Å². The Morgan fingerprint density at radius 2 is 1.50 bits per heavy atom. The Hall–Kier alpha value is -1.69. The van der Waals surface area contributed by atoms with E-state index >= 15 is 0 Å². The molecule has 0 N–H and O–H groups in total. The van der Waals surface area contributed by atoms with E-state index in [9.17, 15) is 4.21 Å². The van der Waals surface area contributed by atoms with E-state index in [1.165, 1.54) is 22.5 Å². The molecule has 1 aliphatic carbocycles. The fourth-order valence-corrected chi connectivity index (χ4v) is 5.19. The van der Waals surface area contributed by atoms with Crippen molar-refractivity contribution in [2.24, 2.45) is 0 Å². The maximum atomic E-state index is 11.7. The molecular weight excluding hydrogens is 322 g/mol. The van der Waals surface area contributed by atoms with E-state index in [-0.39, 0.29) is 18.2 Å². The number of fused-ring (bicyclic) bond motifs is 3.